The van der Waals surface area contributed by atoms with Crippen LogP contribution in [0.25, 0.3) is 11.0 Å². The van der Waals surface area contributed by atoms with Crippen molar-refractivity contribution in [2.45, 2.75) is 52.3 Å². The Balaban J connectivity index is 1.68. The van der Waals surface area contributed by atoms with Crippen LogP contribution >= 0.6 is 23.2 Å². The lowest BCUT2D eigenvalue weighted by Gasteiger charge is -2.26. The summed E-state index contributed by atoms with van der Waals surface area (Å²) in [5, 5.41) is 18.0. The zero-order valence-corrected chi connectivity index (χ0v) is 20.9. The molecule has 0 atom stereocenters. The van der Waals surface area contributed by atoms with E-state index in [1.807, 2.05) is 18.5 Å². The molecule has 11 heteroatoms. The Bertz CT molecular complexity index is 1270. The number of anilines is 1. The number of aromatic nitrogens is 3. The van der Waals surface area contributed by atoms with Crippen LogP contribution in [0.2, 0.25) is 10.0 Å². The molecule has 1 saturated heterocycles. The number of carboxylic acid groups (broad SMARTS) is 1. The number of carbonyl (C=O) groups is 2. The first-order chi connectivity index (χ1) is 16.8. The minimum absolute atomic E-state index is 0.00788. The van der Waals surface area contributed by atoms with Gasteiger partial charge >= 0.3 is 11.9 Å². The number of carbonyl (C=O) groups excluding carboxylic acids is 1. The highest BCUT2D eigenvalue weighted by Gasteiger charge is 2.24. The van der Waals surface area contributed by atoms with Gasteiger partial charge in [0.25, 0.3) is 0 Å². The van der Waals surface area contributed by atoms with E-state index < -0.39 is 11.9 Å². The summed E-state index contributed by atoms with van der Waals surface area (Å²) in [6.45, 7) is 5.98. The lowest BCUT2D eigenvalue weighted by atomic mass is 10.0. The Morgan fingerprint density at radius 2 is 1.89 bits per heavy atom. The molecule has 0 saturated carbocycles. The van der Waals surface area contributed by atoms with Crippen LogP contribution in [0.3, 0.4) is 0 Å². The highest BCUT2D eigenvalue weighted by atomic mass is 35.5. The van der Waals surface area contributed by atoms with Gasteiger partial charge in [0.1, 0.15) is 6.61 Å². The highest BCUT2D eigenvalue weighted by molar-refractivity contribution is 6.37. The lowest BCUT2D eigenvalue weighted by Crippen LogP contribution is -2.28. The third kappa shape index (κ3) is 5.22. The summed E-state index contributed by atoms with van der Waals surface area (Å²) in [5.41, 5.74) is 2.98. The number of rotatable bonds is 8. The molecule has 0 unspecified atom stereocenters. The number of hydrogen-bond donors (Lipinski definition) is 2. The van der Waals surface area contributed by atoms with Crippen molar-refractivity contribution < 1.29 is 24.2 Å². The highest BCUT2D eigenvalue weighted by Crippen LogP contribution is 2.32. The van der Waals surface area contributed by atoms with Gasteiger partial charge in [-0.2, -0.15) is 5.10 Å². The van der Waals surface area contributed by atoms with E-state index in [0.29, 0.717) is 26.2 Å². The number of pyridine rings is 1. The summed E-state index contributed by atoms with van der Waals surface area (Å²) in [5.74, 6) is -1.95. The van der Waals surface area contributed by atoms with Crippen LogP contribution in [0.1, 0.15) is 58.7 Å². The quantitative estimate of drug-likeness (QED) is 0.400. The number of nitrogens with zero attached hydrogens (tertiary/aromatic N) is 3. The standard InChI is InChI=1S/C24H26Cl2N4O5/c1-3-20-17(12-35-24(33)15-10-18(25)14(23(31)32)9-19(15)26)21(28-13-5-7-34-8-6-13)16-11-27-30(4-2)22(16)29-20/h9-11,13H,3-8,12H2,1-2H3,(H,28,29)(H,31,32). The number of ether oxygens (including phenoxy) is 2. The number of fused-ring (bicyclic) bond motifs is 1. The third-order valence-electron chi connectivity index (χ3n) is 6.03. The summed E-state index contributed by atoms with van der Waals surface area (Å²) in [6, 6.07) is 2.56. The second-order valence-electron chi connectivity index (χ2n) is 8.19. The molecule has 35 heavy (non-hydrogen) atoms. The molecule has 1 aliphatic rings. The fourth-order valence-corrected chi connectivity index (χ4v) is 4.63. The fraction of sp³-hybridized carbons (Fsp3) is 0.417. The molecule has 3 heterocycles. The Hall–Kier alpha value is -2.88. The number of benzene rings is 1. The van der Waals surface area contributed by atoms with E-state index in [1.165, 1.54) is 6.07 Å². The number of carboxylic acids is 1. The number of nitrogens with one attached hydrogen (secondary N) is 1. The van der Waals surface area contributed by atoms with Gasteiger partial charge in [0.2, 0.25) is 0 Å². The van der Waals surface area contributed by atoms with E-state index >= 15 is 0 Å². The first kappa shape index (κ1) is 25.2. The minimum Gasteiger partial charge on any atom is -0.478 e. The Morgan fingerprint density at radius 3 is 2.54 bits per heavy atom. The van der Waals surface area contributed by atoms with Gasteiger partial charge in [0.05, 0.1) is 44.1 Å². The molecular weight excluding hydrogens is 495 g/mol. The Kier molecular flexibility index (Phi) is 7.78. The Morgan fingerprint density at radius 1 is 1.20 bits per heavy atom. The maximum Gasteiger partial charge on any atom is 0.340 e. The van der Waals surface area contributed by atoms with Crippen molar-refractivity contribution >= 4 is 51.9 Å². The molecule has 9 nitrogen and oxygen atoms in total. The second kappa shape index (κ2) is 10.8. The van der Waals surface area contributed by atoms with Crippen molar-refractivity contribution in [1.82, 2.24) is 14.8 Å². The zero-order chi connectivity index (χ0) is 25.1. The predicted molar refractivity (Wildman–Crippen MR) is 133 cm³/mol. The van der Waals surface area contributed by atoms with Crippen LogP contribution in [-0.4, -0.2) is 51.1 Å². The molecule has 1 aliphatic heterocycles. The van der Waals surface area contributed by atoms with Gasteiger partial charge in [0.15, 0.2) is 5.65 Å². The fourth-order valence-electron chi connectivity index (χ4n) is 4.15. The lowest BCUT2D eigenvalue weighted by molar-refractivity contribution is 0.0471. The summed E-state index contributed by atoms with van der Waals surface area (Å²) < 4.78 is 13.0. The number of esters is 1. The molecule has 2 aromatic heterocycles. The Labute approximate surface area is 212 Å². The van der Waals surface area contributed by atoms with Crippen LogP contribution in [0.5, 0.6) is 0 Å². The van der Waals surface area contributed by atoms with E-state index in [-0.39, 0.29) is 33.8 Å². The summed E-state index contributed by atoms with van der Waals surface area (Å²) in [7, 11) is 0. The average molecular weight is 521 g/mol. The maximum atomic E-state index is 12.9. The SMILES string of the molecule is CCc1nc2c(cnn2CC)c(NC2CCOCC2)c1COC(=O)c1cc(Cl)c(C(=O)O)cc1Cl. The van der Waals surface area contributed by atoms with Crippen molar-refractivity contribution in [2.24, 2.45) is 0 Å². The summed E-state index contributed by atoms with van der Waals surface area (Å²) >= 11 is 12.2. The topological polar surface area (TPSA) is 116 Å². The molecule has 0 spiro atoms. The van der Waals surface area contributed by atoms with Gasteiger partial charge in [0, 0.05) is 31.4 Å². The first-order valence-electron chi connectivity index (χ1n) is 11.4. The molecule has 1 fully saturated rings. The van der Waals surface area contributed by atoms with Crippen molar-refractivity contribution in [3.05, 3.63) is 50.8 Å². The van der Waals surface area contributed by atoms with Gasteiger partial charge in [-0.05, 0) is 38.3 Å². The molecule has 0 radical (unpaired) electrons. The third-order valence-corrected chi connectivity index (χ3v) is 6.66. The molecule has 3 aromatic rings. The van der Waals surface area contributed by atoms with Gasteiger partial charge < -0.3 is 19.9 Å². The van der Waals surface area contributed by atoms with Crippen LogP contribution < -0.4 is 5.32 Å². The number of aromatic carboxylic acids is 1. The van der Waals surface area contributed by atoms with Crippen molar-refractivity contribution in [3.63, 3.8) is 0 Å². The van der Waals surface area contributed by atoms with E-state index in [0.717, 1.165) is 46.9 Å². The second-order valence-corrected chi connectivity index (χ2v) is 9.00. The van der Waals surface area contributed by atoms with Crippen molar-refractivity contribution in [3.8, 4) is 0 Å². The summed E-state index contributed by atoms with van der Waals surface area (Å²) in [6.07, 6.45) is 4.12. The molecule has 0 bridgehead atoms. The largest absolute Gasteiger partial charge is 0.478 e. The molecule has 186 valence electrons. The van der Waals surface area contributed by atoms with Crippen LogP contribution in [0.15, 0.2) is 18.3 Å². The van der Waals surface area contributed by atoms with E-state index in [9.17, 15) is 14.7 Å². The van der Waals surface area contributed by atoms with E-state index in [4.69, 9.17) is 37.7 Å². The smallest absolute Gasteiger partial charge is 0.340 e. The van der Waals surface area contributed by atoms with Crippen molar-refractivity contribution in [2.75, 3.05) is 18.5 Å². The molecular formula is C24H26Cl2N4O5. The first-order valence-corrected chi connectivity index (χ1v) is 12.2. The van der Waals surface area contributed by atoms with Crippen LogP contribution in [0, 0.1) is 0 Å². The number of halogens is 2. The van der Waals surface area contributed by atoms with E-state index in [1.54, 1.807) is 6.20 Å². The molecule has 1 aromatic carbocycles. The van der Waals surface area contributed by atoms with Gasteiger partial charge in [-0.25, -0.2) is 19.3 Å². The minimum atomic E-state index is -1.24. The van der Waals surface area contributed by atoms with Crippen LogP contribution in [-0.2, 0) is 29.0 Å². The molecule has 0 amide bonds. The number of hydrogen-bond acceptors (Lipinski definition) is 7. The molecule has 4 rings (SSSR count). The molecule has 2 N–H and O–H groups in total. The maximum absolute atomic E-state index is 12.9. The predicted octanol–water partition coefficient (Wildman–Crippen LogP) is 4.97. The average Bonchev–Trinajstić information content (AvgIpc) is 3.27. The number of aryl methyl sites for hydroxylation is 2. The normalized spacial score (nSPS) is 14.3. The summed E-state index contributed by atoms with van der Waals surface area (Å²) in [4.78, 5) is 29.0. The van der Waals surface area contributed by atoms with Crippen molar-refractivity contribution in [1.29, 1.82) is 0 Å². The zero-order valence-electron chi connectivity index (χ0n) is 19.4. The monoisotopic (exact) mass is 520 g/mol. The van der Waals surface area contributed by atoms with Crippen LogP contribution in [0.4, 0.5) is 5.69 Å². The van der Waals surface area contributed by atoms with Gasteiger partial charge in [-0.3, -0.25) is 0 Å². The van der Waals surface area contributed by atoms with Gasteiger partial charge in [-0.15, -0.1) is 0 Å². The van der Waals surface area contributed by atoms with E-state index in [2.05, 4.69) is 10.4 Å². The van der Waals surface area contributed by atoms with Gasteiger partial charge in [-0.1, -0.05) is 30.1 Å². The molecule has 0 aliphatic carbocycles.